The SMILES string of the molecule is CC/C=C\C/C=C\C/C=C\C/C=C\C/C=C\C/C=C\CCCCCCCCCCCCCCCCC(=O)NC(COC1OC(CO)C(OC2OC(CO)C(OC3OC(CO)C(O)C(O)C3O)C(O)C2O)C(O)C1O)C(O)CCCCCCCCCCCCCCCCCCCCCCCCCCCCC. The van der Waals surface area contributed by atoms with Crippen LogP contribution < -0.4 is 5.32 Å². The number of nitrogens with one attached hydrogen (secondary N) is 1. The molecule has 3 saturated heterocycles. The van der Waals surface area contributed by atoms with Crippen molar-refractivity contribution < 1.29 is 89.4 Å². The Morgan fingerprint density at radius 2 is 0.657 bits per heavy atom. The highest BCUT2D eigenvalue weighted by molar-refractivity contribution is 5.76. The number of hydrogen-bond acceptors (Lipinski definition) is 18. The molecule has 3 rings (SSSR count). The van der Waals surface area contributed by atoms with Gasteiger partial charge in [-0.05, 0) is 64.2 Å². The molecule has 3 heterocycles. The van der Waals surface area contributed by atoms with Crippen LogP contribution in [-0.2, 0) is 33.2 Å². The van der Waals surface area contributed by atoms with E-state index in [-0.39, 0.29) is 18.9 Å². The van der Waals surface area contributed by atoms with Crippen LogP contribution in [-0.4, -0.2) is 193 Å². The Morgan fingerprint density at radius 3 is 1.03 bits per heavy atom. The molecule has 17 atom stereocenters. The molecule has 3 aliphatic heterocycles. The van der Waals surface area contributed by atoms with Crippen molar-refractivity contribution in [1.82, 2.24) is 5.32 Å². The highest BCUT2D eigenvalue weighted by Gasteiger charge is 2.54. The van der Waals surface area contributed by atoms with Crippen LogP contribution in [0.15, 0.2) is 72.9 Å². The molecule has 17 unspecified atom stereocenters. The molecule has 12 N–H and O–H groups in total. The minimum absolute atomic E-state index is 0.241. The van der Waals surface area contributed by atoms with Crippen molar-refractivity contribution in [1.29, 1.82) is 0 Å². The number of allylic oxidation sites excluding steroid dienone is 12. The van der Waals surface area contributed by atoms with E-state index in [2.05, 4.69) is 92.1 Å². The van der Waals surface area contributed by atoms with Crippen molar-refractivity contribution in [2.45, 2.75) is 439 Å². The van der Waals surface area contributed by atoms with E-state index in [0.717, 1.165) is 89.9 Å². The Bertz CT molecular complexity index is 2180. The standard InChI is InChI=1S/C86H155NO18/c1-3-5-7-9-11-13-15-17-19-21-23-25-27-29-31-32-33-34-35-36-38-40-42-44-46-48-50-52-54-56-58-60-62-64-74(92)87-69(70(91)63-61-59-57-55-53-51-49-47-45-43-41-39-37-30-28-26-24-22-20-18-16-14-12-10-8-6-4-2)68-100-84-80(98)77(95)82(72(66-89)102-84)105-86-81(99)78(96)83(73(67-90)103-86)104-85-79(97)76(94)75(93)71(65-88)101-85/h5,7,11,13,17,19,23,25,29,31,33-34,69-73,75-86,88-91,93-99H,3-4,6,8-10,12,14-16,18,20-22,24,26-28,30,32,35-68H2,1-2H3,(H,87,92)/b7-5-,13-11-,19-17-,25-23-,31-29-,34-33-. The van der Waals surface area contributed by atoms with Crippen LogP contribution in [0.5, 0.6) is 0 Å². The van der Waals surface area contributed by atoms with E-state index in [9.17, 15) is 61.0 Å². The molecule has 0 saturated carbocycles. The molecule has 0 bridgehead atoms. The van der Waals surface area contributed by atoms with Crippen molar-refractivity contribution in [2.24, 2.45) is 0 Å². The number of carbonyl (C=O) groups is 1. The lowest BCUT2D eigenvalue weighted by Gasteiger charge is -2.48. The van der Waals surface area contributed by atoms with E-state index in [0.29, 0.717) is 12.8 Å². The zero-order valence-corrected chi connectivity index (χ0v) is 65.7. The van der Waals surface area contributed by atoms with Crippen molar-refractivity contribution >= 4 is 5.91 Å². The summed E-state index contributed by atoms with van der Waals surface area (Å²) >= 11 is 0. The van der Waals surface area contributed by atoms with Gasteiger partial charge in [-0.15, -0.1) is 0 Å². The van der Waals surface area contributed by atoms with Crippen LogP contribution in [0.2, 0.25) is 0 Å². The average molecular weight is 1490 g/mol. The smallest absolute Gasteiger partial charge is 0.220 e. The van der Waals surface area contributed by atoms with Crippen LogP contribution in [0.4, 0.5) is 0 Å². The fraction of sp³-hybridized carbons (Fsp3) is 0.849. The first-order chi connectivity index (χ1) is 51.3. The number of rotatable bonds is 68. The van der Waals surface area contributed by atoms with Gasteiger partial charge in [-0.3, -0.25) is 4.79 Å². The lowest BCUT2D eigenvalue weighted by Crippen LogP contribution is -2.66. The highest BCUT2D eigenvalue weighted by atomic mass is 16.8. The van der Waals surface area contributed by atoms with Gasteiger partial charge in [0.15, 0.2) is 18.9 Å². The predicted molar refractivity (Wildman–Crippen MR) is 420 cm³/mol. The Balaban J connectivity index is 1.34. The third-order valence-corrected chi connectivity index (χ3v) is 21.0. The molecule has 3 aliphatic rings. The minimum atomic E-state index is -1.98. The molecule has 0 radical (unpaired) electrons. The van der Waals surface area contributed by atoms with Gasteiger partial charge in [0.2, 0.25) is 5.91 Å². The van der Waals surface area contributed by atoms with Crippen LogP contribution in [0.1, 0.15) is 335 Å². The van der Waals surface area contributed by atoms with Crippen LogP contribution in [0, 0.1) is 0 Å². The van der Waals surface area contributed by atoms with Crippen LogP contribution in [0.25, 0.3) is 0 Å². The van der Waals surface area contributed by atoms with E-state index in [4.69, 9.17) is 28.4 Å². The molecule has 105 heavy (non-hydrogen) atoms. The van der Waals surface area contributed by atoms with Gasteiger partial charge in [0.1, 0.15) is 73.2 Å². The summed E-state index contributed by atoms with van der Waals surface area (Å²) < 4.78 is 34.6. The van der Waals surface area contributed by atoms with Gasteiger partial charge < -0.3 is 89.9 Å². The average Bonchev–Trinajstić information content (AvgIpc) is 0.780. The molecule has 0 aliphatic carbocycles. The molecular formula is C86H155NO18. The first kappa shape index (κ1) is 96.4. The first-order valence-corrected chi connectivity index (χ1v) is 42.7. The molecule has 0 aromatic rings. The van der Waals surface area contributed by atoms with Gasteiger partial charge in [-0.1, -0.05) is 337 Å². The summed E-state index contributed by atoms with van der Waals surface area (Å²) in [6.07, 6.45) is 59.9. The summed E-state index contributed by atoms with van der Waals surface area (Å²) in [4.78, 5) is 13.5. The van der Waals surface area contributed by atoms with Crippen molar-refractivity contribution in [3.05, 3.63) is 72.9 Å². The number of carbonyl (C=O) groups excluding carboxylic acids is 1. The van der Waals surface area contributed by atoms with Crippen molar-refractivity contribution in [2.75, 3.05) is 26.4 Å². The molecule has 0 aromatic heterocycles. The van der Waals surface area contributed by atoms with Crippen LogP contribution >= 0.6 is 0 Å². The Kier molecular flexibility index (Phi) is 60.5. The van der Waals surface area contributed by atoms with E-state index in [1.807, 2.05) is 0 Å². The first-order valence-electron chi connectivity index (χ1n) is 42.7. The number of hydrogen-bond donors (Lipinski definition) is 12. The van der Waals surface area contributed by atoms with E-state index >= 15 is 0 Å². The second-order valence-electron chi connectivity index (χ2n) is 30.3. The Morgan fingerprint density at radius 1 is 0.352 bits per heavy atom. The fourth-order valence-corrected chi connectivity index (χ4v) is 14.3. The van der Waals surface area contributed by atoms with E-state index in [1.54, 1.807) is 0 Å². The molecule has 0 spiro atoms. The molecule has 612 valence electrons. The monoisotopic (exact) mass is 1490 g/mol. The second-order valence-corrected chi connectivity index (χ2v) is 30.3. The maximum atomic E-state index is 13.5. The Hall–Kier alpha value is -2.77. The largest absolute Gasteiger partial charge is 0.394 e. The van der Waals surface area contributed by atoms with Gasteiger partial charge in [0.05, 0.1) is 38.6 Å². The third kappa shape index (κ3) is 45.4. The normalized spacial score (nSPS) is 26.1. The number of aliphatic hydroxyl groups excluding tert-OH is 11. The van der Waals surface area contributed by atoms with Gasteiger partial charge in [-0.2, -0.15) is 0 Å². The third-order valence-electron chi connectivity index (χ3n) is 21.0. The molecule has 19 heteroatoms. The molecule has 0 aromatic carbocycles. The quantitative estimate of drug-likeness (QED) is 0.0199. The summed E-state index contributed by atoms with van der Waals surface area (Å²) in [7, 11) is 0. The lowest BCUT2D eigenvalue weighted by molar-refractivity contribution is -0.379. The van der Waals surface area contributed by atoms with E-state index in [1.165, 1.54) is 212 Å². The maximum Gasteiger partial charge on any atom is 0.220 e. The summed E-state index contributed by atoms with van der Waals surface area (Å²) in [5.41, 5.74) is 0. The summed E-state index contributed by atoms with van der Waals surface area (Å²) in [5.74, 6) is -0.241. The number of aliphatic hydroxyl groups is 11. The minimum Gasteiger partial charge on any atom is -0.394 e. The number of ether oxygens (including phenoxy) is 6. The zero-order valence-electron chi connectivity index (χ0n) is 65.7. The van der Waals surface area contributed by atoms with Gasteiger partial charge >= 0.3 is 0 Å². The van der Waals surface area contributed by atoms with E-state index < -0.39 is 124 Å². The predicted octanol–water partition coefficient (Wildman–Crippen LogP) is 15.2. The topological polar surface area (TPSA) is 307 Å². The summed E-state index contributed by atoms with van der Waals surface area (Å²) in [5, 5.41) is 121. The summed E-state index contributed by atoms with van der Waals surface area (Å²) in [6, 6.07) is -0.893. The zero-order chi connectivity index (χ0) is 76.0. The molecule has 1 amide bonds. The van der Waals surface area contributed by atoms with Gasteiger partial charge in [0.25, 0.3) is 0 Å². The molecule has 3 fully saturated rings. The maximum absolute atomic E-state index is 13.5. The fourth-order valence-electron chi connectivity index (χ4n) is 14.3. The molecule has 19 nitrogen and oxygen atoms in total. The summed E-state index contributed by atoms with van der Waals surface area (Å²) in [6.45, 7) is 1.73. The highest BCUT2D eigenvalue weighted by Crippen LogP contribution is 2.33. The van der Waals surface area contributed by atoms with Crippen molar-refractivity contribution in [3.63, 3.8) is 0 Å². The van der Waals surface area contributed by atoms with Crippen molar-refractivity contribution in [3.8, 4) is 0 Å². The number of amides is 1. The number of unbranched alkanes of at least 4 members (excludes halogenated alkanes) is 40. The van der Waals surface area contributed by atoms with Crippen LogP contribution in [0.3, 0.4) is 0 Å². The second kappa shape index (κ2) is 65.9. The van der Waals surface area contributed by atoms with Gasteiger partial charge in [0, 0.05) is 6.42 Å². The lowest BCUT2D eigenvalue weighted by atomic mass is 9.96. The molecular weight excluding hydrogens is 1330 g/mol. The Labute approximate surface area is 636 Å². The van der Waals surface area contributed by atoms with Gasteiger partial charge in [-0.25, -0.2) is 0 Å².